The van der Waals surface area contributed by atoms with Crippen LogP contribution in [-0.4, -0.2) is 11.6 Å². The third kappa shape index (κ3) is 4.02. The van der Waals surface area contributed by atoms with Crippen molar-refractivity contribution in [3.8, 4) is 11.8 Å². The molecule has 0 aromatic heterocycles. The lowest BCUT2D eigenvalue weighted by atomic mass is 10.0. The van der Waals surface area contributed by atoms with Crippen molar-refractivity contribution in [2.45, 2.75) is 46.1 Å². The summed E-state index contributed by atoms with van der Waals surface area (Å²) in [6.07, 6.45) is 1.51. The van der Waals surface area contributed by atoms with Gasteiger partial charge < -0.3 is 4.74 Å². The predicted molar refractivity (Wildman–Crippen MR) is 48.5 cm³/mol. The fourth-order valence-electron chi connectivity index (χ4n) is 0.779. The Morgan fingerprint density at radius 1 is 1.50 bits per heavy atom. The molecular weight excluding hydrogens is 152 g/mol. The largest absolute Gasteiger partial charge is 0.446 e. The highest BCUT2D eigenvalue weighted by molar-refractivity contribution is 5.67. The molecule has 1 atom stereocenters. The Morgan fingerprint density at radius 2 is 2.08 bits per heavy atom. The Morgan fingerprint density at radius 3 is 2.42 bits per heavy atom. The topological polar surface area (TPSA) is 26.3 Å². The predicted octanol–water partition coefficient (Wildman–Crippen LogP) is 2.13. The molecule has 68 valence electrons. The molecule has 0 aliphatic heterocycles. The van der Waals surface area contributed by atoms with E-state index in [-0.39, 0.29) is 5.97 Å². The maximum atomic E-state index is 10.7. The summed E-state index contributed by atoms with van der Waals surface area (Å²) in [4.78, 5) is 10.7. The third-order valence-electron chi connectivity index (χ3n) is 1.57. The Bertz CT molecular complexity index is 210. The molecule has 0 saturated carbocycles. The van der Waals surface area contributed by atoms with Gasteiger partial charge in [0.05, 0.1) is 0 Å². The first-order valence-corrected chi connectivity index (χ1v) is 4.23. The Hall–Kier alpha value is -0.970. The highest BCUT2D eigenvalue weighted by Gasteiger charge is 2.21. The molecule has 2 nitrogen and oxygen atoms in total. The number of hydrogen-bond donors (Lipinski definition) is 0. The first-order valence-electron chi connectivity index (χ1n) is 4.23. The first kappa shape index (κ1) is 11.0. The summed E-state index contributed by atoms with van der Waals surface area (Å²) in [5.41, 5.74) is -0.595. The molecule has 0 aliphatic carbocycles. The Labute approximate surface area is 74.3 Å². The van der Waals surface area contributed by atoms with Gasteiger partial charge in [-0.1, -0.05) is 25.7 Å². The number of ether oxygens (including phenoxy) is 1. The minimum atomic E-state index is -0.595. The van der Waals surface area contributed by atoms with Crippen molar-refractivity contribution >= 4 is 5.97 Å². The summed E-state index contributed by atoms with van der Waals surface area (Å²) in [7, 11) is 0. The zero-order chi connectivity index (χ0) is 9.61. The summed E-state index contributed by atoms with van der Waals surface area (Å²) in [5, 5.41) is 0. The van der Waals surface area contributed by atoms with E-state index < -0.39 is 5.60 Å². The van der Waals surface area contributed by atoms with Gasteiger partial charge in [-0.05, 0) is 13.3 Å². The molecule has 0 heterocycles. The number of carbonyl (C=O) groups is 1. The van der Waals surface area contributed by atoms with Crippen molar-refractivity contribution in [1.29, 1.82) is 0 Å². The molecule has 0 aromatic rings. The van der Waals surface area contributed by atoms with E-state index in [1.54, 1.807) is 0 Å². The van der Waals surface area contributed by atoms with Crippen LogP contribution in [-0.2, 0) is 9.53 Å². The average molecular weight is 168 g/mol. The SMILES string of the molecule is CCC#CC(C)(CC)OC(C)=O. The van der Waals surface area contributed by atoms with Gasteiger partial charge in [-0.25, -0.2) is 0 Å². The molecule has 0 bridgehead atoms. The standard InChI is InChI=1S/C10H16O2/c1-5-7-8-10(4,6-2)12-9(3)11/h5-6H2,1-4H3. The summed E-state index contributed by atoms with van der Waals surface area (Å²) in [6.45, 7) is 7.16. The van der Waals surface area contributed by atoms with Gasteiger partial charge in [0.25, 0.3) is 0 Å². The van der Waals surface area contributed by atoms with Crippen LogP contribution in [0.5, 0.6) is 0 Å². The highest BCUT2D eigenvalue weighted by Crippen LogP contribution is 2.13. The molecule has 0 aromatic carbocycles. The van der Waals surface area contributed by atoms with Crippen molar-refractivity contribution in [2.75, 3.05) is 0 Å². The normalized spacial score (nSPS) is 14.0. The zero-order valence-corrected chi connectivity index (χ0v) is 8.23. The van der Waals surface area contributed by atoms with Gasteiger partial charge >= 0.3 is 5.97 Å². The zero-order valence-electron chi connectivity index (χ0n) is 8.23. The van der Waals surface area contributed by atoms with Crippen LogP contribution >= 0.6 is 0 Å². The van der Waals surface area contributed by atoms with Gasteiger partial charge in [0.1, 0.15) is 0 Å². The van der Waals surface area contributed by atoms with Crippen LogP contribution in [0, 0.1) is 11.8 Å². The summed E-state index contributed by atoms with van der Waals surface area (Å²) < 4.78 is 5.08. The molecular formula is C10H16O2. The van der Waals surface area contributed by atoms with Gasteiger partial charge in [-0.2, -0.15) is 0 Å². The van der Waals surface area contributed by atoms with Crippen LogP contribution in [0.25, 0.3) is 0 Å². The maximum Gasteiger partial charge on any atom is 0.304 e. The number of rotatable bonds is 2. The number of carbonyl (C=O) groups excluding carboxylic acids is 1. The fourth-order valence-corrected chi connectivity index (χ4v) is 0.779. The molecule has 0 radical (unpaired) electrons. The van der Waals surface area contributed by atoms with E-state index >= 15 is 0 Å². The van der Waals surface area contributed by atoms with Gasteiger partial charge in [0, 0.05) is 13.3 Å². The van der Waals surface area contributed by atoms with E-state index in [1.807, 2.05) is 20.8 Å². The Balaban J connectivity index is 4.33. The minimum Gasteiger partial charge on any atom is -0.446 e. The molecule has 0 aliphatic rings. The van der Waals surface area contributed by atoms with Crippen molar-refractivity contribution in [3.05, 3.63) is 0 Å². The van der Waals surface area contributed by atoms with E-state index in [1.165, 1.54) is 6.92 Å². The number of hydrogen-bond acceptors (Lipinski definition) is 2. The van der Waals surface area contributed by atoms with Crippen LogP contribution < -0.4 is 0 Å². The second-order valence-electron chi connectivity index (χ2n) is 2.83. The number of esters is 1. The molecule has 12 heavy (non-hydrogen) atoms. The first-order chi connectivity index (χ1) is 5.54. The molecule has 0 fully saturated rings. The third-order valence-corrected chi connectivity index (χ3v) is 1.57. The lowest BCUT2D eigenvalue weighted by molar-refractivity contribution is -0.150. The summed E-state index contributed by atoms with van der Waals surface area (Å²) >= 11 is 0. The molecule has 0 N–H and O–H groups in total. The second-order valence-corrected chi connectivity index (χ2v) is 2.83. The van der Waals surface area contributed by atoms with Crippen LogP contribution in [0.4, 0.5) is 0 Å². The van der Waals surface area contributed by atoms with Crippen LogP contribution in [0.3, 0.4) is 0 Å². The van der Waals surface area contributed by atoms with Gasteiger partial charge in [-0.15, -0.1) is 0 Å². The quantitative estimate of drug-likeness (QED) is 0.466. The summed E-state index contributed by atoms with van der Waals surface area (Å²) in [6, 6.07) is 0. The molecule has 0 rings (SSSR count). The molecule has 0 saturated heterocycles. The van der Waals surface area contributed by atoms with E-state index in [0.717, 1.165) is 12.8 Å². The van der Waals surface area contributed by atoms with Crippen molar-refractivity contribution < 1.29 is 9.53 Å². The van der Waals surface area contributed by atoms with Crippen molar-refractivity contribution in [3.63, 3.8) is 0 Å². The van der Waals surface area contributed by atoms with E-state index in [0.29, 0.717) is 0 Å². The van der Waals surface area contributed by atoms with E-state index in [9.17, 15) is 4.79 Å². The van der Waals surface area contributed by atoms with Gasteiger partial charge in [-0.3, -0.25) is 4.79 Å². The highest BCUT2D eigenvalue weighted by atomic mass is 16.6. The monoisotopic (exact) mass is 168 g/mol. The van der Waals surface area contributed by atoms with E-state index in [4.69, 9.17) is 4.74 Å². The van der Waals surface area contributed by atoms with Crippen molar-refractivity contribution in [2.24, 2.45) is 0 Å². The van der Waals surface area contributed by atoms with Crippen LogP contribution in [0.15, 0.2) is 0 Å². The molecule has 0 amide bonds. The smallest absolute Gasteiger partial charge is 0.304 e. The minimum absolute atomic E-state index is 0.273. The van der Waals surface area contributed by atoms with Crippen LogP contribution in [0.2, 0.25) is 0 Å². The molecule has 2 heteroatoms. The van der Waals surface area contributed by atoms with Gasteiger partial charge in [0.15, 0.2) is 5.60 Å². The van der Waals surface area contributed by atoms with Crippen LogP contribution in [0.1, 0.15) is 40.5 Å². The van der Waals surface area contributed by atoms with E-state index in [2.05, 4.69) is 11.8 Å². The summed E-state index contributed by atoms with van der Waals surface area (Å²) in [5.74, 6) is 5.58. The fraction of sp³-hybridized carbons (Fsp3) is 0.700. The van der Waals surface area contributed by atoms with Crippen molar-refractivity contribution in [1.82, 2.24) is 0 Å². The molecule has 1 unspecified atom stereocenters. The average Bonchev–Trinajstić information content (AvgIpc) is 2.00. The maximum absolute atomic E-state index is 10.7. The van der Waals surface area contributed by atoms with Gasteiger partial charge in [0.2, 0.25) is 0 Å². The lowest BCUT2D eigenvalue weighted by Crippen LogP contribution is -2.27. The lowest BCUT2D eigenvalue weighted by Gasteiger charge is -2.21. The second kappa shape index (κ2) is 4.82. The Kier molecular flexibility index (Phi) is 4.43. The molecule has 0 spiro atoms.